The van der Waals surface area contributed by atoms with Crippen molar-refractivity contribution in [3.05, 3.63) is 58.3 Å². The maximum atomic E-state index is 11.2. The van der Waals surface area contributed by atoms with Crippen LogP contribution >= 0.6 is 11.8 Å². The highest BCUT2D eigenvalue weighted by molar-refractivity contribution is 7.99. The zero-order chi connectivity index (χ0) is 16.1. The summed E-state index contributed by atoms with van der Waals surface area (Å²) in [6, 6.07) is 9.31. The Hall–Kier alpha value is -2.45. The predicted octanol–water partition coefficient (Wildman–Crippen LogP) is 2.02. The number of primary amides is 1. The Morgan fingerprint density at radius 3 is 2.73 bits per heavy atom. The number of nitrogens with zero attached hydrogens (tertiary/aromatic N) is 2. The molecular weight excluding hydrogens is 304 g/mol. The van der Waals surface area contributed by atoms with Crippen LogP contribution in [0.4, 0.5) is 5.69 Å². The molecule has 0 fully saturated rings. The summed E-state index contributed by atoms with van der Waals surface area (Å²) in [5.41, 5.74) is 11.3. The normalized spacial score (nSPS) is 11.9. The first kappa shape index (κ1) is 15.9. The Labute approximate surface area is 130 Å². The summed E-state index contributed by atoms with van der Waals surface area (Å²) in [5.74, 6) is -0.554. The summed E-state index contributed by atoms with van der Waals surface area (Å²) in [4.78, 5) is 26.3. The molecule has 0 aliphatic carbocycles. The van der Waals surface area contributed by atoms with Crippen molar-refractivity contribution < 1.29 is 9.72 Å². The molecule has 0 spiro atoms. The number of benzene rings is 1. The summed E-state index contributed by atoms with van der Waals surface area (Å²) in [7, 11) is 0. The number of hydrogen-bond acceptors (Lipinski definition) is 6. The number of nitrogens with two attached hydrogens (primary N) is 2. The van der Waals surface area contributed by atoms with Gasteiger partial charge >= 0.3 is 0 Å². The smallest absolute Gasteiger partial charge is 0.283 e. The van der Waals surface area contributed by atoms with Crippen molar-refractivity contribution in [3.63, 3.8) is 0 Å². The fourth-order valence-electron chi connectivity index (χ4n) is 1.85. The van der Waals surface area contributed by atoms with Gasteiger partial charge in [-0.3, -0.25) is 14.9 Å². The Kier molecular flexibility index (Phi) is 5.08. The van der Waals surface area contributed by atoms with Crippen molar-refractivity contribution in [1.29, 1.82) is 0 Å². The summed E-state index contributed by atoms with van der Waals surface area (Å²) in [5, 5.41) is 11.9. The first-order valence-corrected chi connectivity index (χ1v) is 7.20. The van der Waals surface area contributed by atoms with Gasteiger partial charge in [-0.25, -0.2) is 4.98 Å². The van der Waals surface area contributed by atoms with Crippen LogP contribution in [0.2, 0.25) is 0 Å². The van der Waals surface area contributed by atoms with Crippen molar-refractivity contribution in [2.45, 2.75) is 22.4 Å². The molecular formula is C14H14N4O3S. The van der Waals surface area contributed by atoms with E-state index in [9.17, 15) is 14.9 Å². The van der Waals surface area contributed by atoms with Gasteiger partial charge in [-0.05, 0) is 23.8 Å². The van der Waals surface area contributed by atoms with Gasteiger partial charge in [0.2, 0.25) is 5.91 Å². The third kappa shape index (κ3) is 4.03. The highest BCUT2D eigenvalue weighted by Crippen LogP contribution is 2.35. The first-order chi connectivity index (χ1) is 10.5. The predicted molar refractivity (Wildman–Crippen MR) is 82.2 cm³/mol. The lowest BCUT2D eigenvalue weighted by atomic mass is 10.0. The Balaban J connectivity index is 2.31. The van der Waals surface area contributed by atoms with E-state index in [1.54, 1.807) is 36.5 Å². The number of pyridine rings is 1. The van der Waals surface area contributed by atoms with Crippen LogP contribution in [0.3, 0.4) is 0 Å². The summed E-state index contributed by atoms with van der Waals surface area (Å²) in [6.45, 7) is 0. The van der Waals surface area contributed by atoms with E-state index >= 15 is 0 Å². The van der Waals surface area contributed by atoms with Gasteiger partial charge < -0.3 is 11.5 Å². The molecule has 1 unspecified atom stereocenters. The fourth-order valence-corrected chi connectivity index (χ4v) is 2.71. The highest BCUT2D eigenvalue weighted by Gasteiger charge is 2.19. The van der Waals surface area contributed by atoms with Crippen molar-refractivity contribution >= 4 is 23.4 Å². The summed E-state index contributed by atoms with van der Waals surface area (Å²) < 4.78 is 0. The van der Waals surface area contributed by atoms with E-state index in [0.29, 0.717) is 15.5 Å². The van der Waals surface area contributed by atoms with Gasteiger partial charge in [0.25, 0.3) is 5.69 Å². The molecule has 0 aliphatic heterocycles. The van der Waals surface area contributed by atoms with Crippen molar-refractivity contribution in [3.8, 4) is 0 Å². The lowest BCUT2D eigenvalue weighted by molar-refractivity contribution is -0.387. The second-order valence-corrected chi connectivity index (χ2v) is 5.59. The van der Waals surface area contributed by atoms with Crippen LogP contribution < -0.4 is 11.5 Å². The minimum Gasteiger partial charge on any atom is -0.370 e. The highest BCUT2D eigenvalue weighted by atomic mass is 32.2. The van der Waals surface area contributed by atoms with Gasteiger partial charge in [0.15, 0.2) is 0 Å². The second kappa shape index (κ2) is 7.01. The molecule has 1 aromatic heterocycles. The van der Waals surface area contributed by atoms with Crippen LogP contribution in [0.1, 0.15) is 18.0 Å². The number of aromatic nitrogens is 1. The summed E-state index contributed by atoms with van der Waals surface area (Å²) in [6.07, 6.45) is 1.55. The van der Waals surface area contributed by atoms with Gasteiger partial charge in [0.05, 0.1) is 9.82 Å². The van der Waals surface area contributed by atoms with Crippen molar-refractivity contribution in [2.75, 3.05) is 0 Å². The molecule has 8 heteroatoms. The number of carbonyl (C=O) groups excluding carboxylic acids is 1. The first-order valence-electron chi connectivity index (χ1n) is 6.38. The minimum absolute atomic E-state index is 0.0656. The van der Waals surface area contributed by atoms with Crippen LogP contribution in [0.5, 0.6) is 0 Å². The molecule has 0 saturated heterocycles. The van der Waals surface area contributed by atoms with E-state index in [0.717, 1.165) is 0 Å². The van der Waals surface area contributed by atoms with E-state index in [2.05, 4.69) is 4.98 Å². The zero-order valence-corrected chi connectivity index (χ0v) is 12.3. The average Bonchev–Trinajstić information content (AvgIpc) is 2.47. The molecule has 1 heterocycles. The van der Waals surface area contributed by atoms with E-state index < -0.39 is 16.9 Å². The third-order valence-electron chi connectivity index (χ3n) is 2.88. The number of carbonyl (C=O) groups is 1. The largest absolute Gasteiger partial charge is 0.370 e. The second-order valence-electron chi connectivity index (χ2n) is 4.53. The molecule has 7 nitrogen and oxygen atoms in total. The summed E-state index contributed by atoms with van der Waals surface area (Å²) >= 11 is 1.19. The molecule has 1 aromatic carbocycles. The Morgan fingerprint density at radius 2 is 2.14 bits per heavy atom. The molecule has 0 radical (unpaired) electrons. The lowest BCUT2D eigenvalue weighted by Crippen LogP contribution is -2.20. The quantitative estimate of drug-likeness (QED) is 0.620. The lowest BCUT2D eigenvalue weighted by Gasteiger charge is -2.11. The molecule has 4 N–H and O–H groups in total. The monoisotopic (exact) mass is 318 g/mol. The van der Waals surface area contributed by atoms with Crippen LogP contribution in [0.15, 0.2) is 52.5 Å². The van der Waals surface area contributed by atoms with Gasteiger partial charge in [-0.2, -0.15) is 0 Å². The molecule has 2 rings (SSSR count). The Morgan fingerprint density at radius 1 is 1.36 bits per heavy atom. The maximum absolute atomic E-state index is 11.2. The number of nitro benzene ring substituents is 1. The molecule has 0 bridgehead atoms. The van der Waals surface area contributed by atoms with E-state index in [1.807, 2.05) is 0 Å². The van der Waals surface area contributed by atoms with E-state index in [-0.39, 0.29) is 12.1 Å². The zero-order valence-electron chi connectivity index (χ0n) is 11.5. The number of hydrogen-bond donors (Lipinski definition) is 2. The number of rotatable bonds is 6. The molecule has 22 heavy (non-hydrogen) atoms. The standard InChI is InChI=1S/C14H14N4O3S/c15-10(8-13(16)19)9-4-5-12(11(7-9)18(20)21)22-14-3-1-2-6-17-14/h1-7,10H,8,15H2,(H2,16,19). The molecule has 0 saturated carbocycles. The number of nitro groups is 1. The van der Waals surface area contributed by atoms with Crippen LogP contribution in [0, 0.1) is 10.1 Å². The van der Waals surface area contributed by atoms with Crippen LogP contribution in [-0.4, -0.2) is 15.8 Å². The average molecular weight is 318 g/mol. The number of amides is 1. The Bertz CT molecular complexity index is 694. The fraction of sp³-hybridized carbons (Fsp3) is 0.143. The van der Waals surface area contributed by atoms with Crippen LogP contribution in [-0.2, 0) is 4.79 Å². The third-order valence-corrected chi connectivity index (χ3v) is 3.90. The van der Waals surface area contributed by atoms with Gasteiger partial charge in [0, 0.05) is 24.7 Å². The van der Waals surface area contributed by atoms with Crippen molar-refractivity contribution in [1.82, 2.24) is 4.98 Å². The SMILES string of the molecule is NC(=O)CC(N)c1ccc(Sc2ccccn2)c([N+](=O)[O-])c1. The minimum atomic E-state index is -0.662. The molecule has 114 valence electrons. The van der Waals surface area contributed by atoms with E-state index in [4.69, 9.17) is 11.5 Å². The molecule has 1 atom stereocenters. The molecule has 2 aromatic rings. The van der Waals surface area contributed by atoms with Gasteiger partial charge in [-0.1, -0.05) is 23.9 Å². The van der Waals surface area contributed by atoms with Crippen LogP contribution in [0.25, 0.3) is 0 Å². The van der Waals surface area contributed by atoms with Crippen molar-refractivity contribution in [2.24, 2.45) is 11.5 Å². The van der Waals surface area contributed by atoms with Gasteiger partial charge in [-0.15, -0.1) is 0 Å². The van der Waals surface area contributed by atoms with E-state index in [1.165, 1.54) is 17.8 Å². The van der Waals surface area contributed by atoms with Gasteiger partial charge in [0.1, 0.15) is 5.03 Å². The topological polar surface area (TPSA) is 125 Å². The maximum Gasteiger partial charge on any atom is 0.283 e. The molecule has 1 amide bonds. The molecule has 0 aliphatic rings.